The Morgan fingerprint density at radius 2 is 2.19 bits per heavy atom. The number of aromatic nitrogens is 2. The smallest absolute Gasteiger partial charge is 0.244 e. The molecule has 0 spiro atoms. The topological polar surface area (TPSA) is 84.1 Å². The van der Waals surface area contributed by atoms with Crippen molar-refractivity contribution in [1.29, 1.82) is 0 Å². The lowest BCUT2D eigenvalue weighted by atomic mass is 10.1. The number of Topliss-reactive ketones (excluding diaryl/α,β-unsaturated/α-hetero) is 1. The highest BCUT2D eigenvalue weighted by Gasteiger charge is 2.26. The Bertz CT molecular complexity index is 1210. The first-order chi connectivity index (χ1) is 15.3. The van der Waals surface area contributed by atoms with E-state index in [4.69, 9.17) is 16.3 Å². The van der Waals surface area contributed by atoms with E-state index < -0.39 is 0 Å². The van der Waals surface area contributed by atoms with Crippen LogP contribution in [0.15, 0.2) is 30.3 Å². The van der Waals surface area contributed by atoms with E-state index in [1.165, 1.54) is 17.4 Å². The maximum absolute atomic E-state index is 12.3. The van der Waals surface area contributed by atoms with Crippen molar-refractivity contribution in [2.45, 2.75) is 39.7 Å². The summed E-state index contributed by atoms with van der Waals surface area (Å²) in [5.41, 5.74) is 3.66. The van der Waals surface area contributed by atoms with Crippen molar-refractivity contribution in [3.63, 3.8) is 0 Å². The summed E-state index contributed by atoms with van der Waals surface area (Å²) in [4.78, 5) is 33.2. The summed E-state index contributed by atoms with van der Waals surface area (Å²) in [6.07, 6.45) is 4.47. The van der Waals surface area contributed by atoms with Crippen molar-refractivity contribution in [2.75, 3.05) is 6.54 Å². The van der Waals surface area contributed by atoms with Gasteiger partial charge in [-0.2, -0.15) is 0 Å². The zero-order valence-corrected chi connectivity index (χ0v) is 19.7. The number of hydrogen-bond acceptors (Lipinski definition) is 5. The average molecular weight is 470 g/mol. The average Bonchev–Trinajstić information content (AvgIpc) is 3.48. The molecular formula is C24H24ClN3O3S. The van der Waals surface area contributed by atoms with Gasteiger partial charge in [0.25, 0.3) is 0 Å². The molecule has 2 aromatic heterocycles. The number of thiophene rings is 1. The molecule has 1 aliphatic rings. The number of carbonyl (C=O) groups excluding carboxylic acids is 2. The van der Waals surface area contributed by atoms with Gasteiger partial charge in [-0.1, -0.05) is 18.5 Å². The molecule has 8 heteroatoms. The molecule has 3 aromatic rings. The van der Waals surface area contributed by atoms with Crippen LogP contribution in [0.1, 0.15) is 46.3 Å². The molecule has 0 aliphatic carbocycles. The van der Waals surface area contributed by atoms with Crippen molar-refractivity contribution in [1.82, 2.24) is 15.3 Å². The molecule has 166 valence electrons. The molecule has 1 aromatic carbocycles. The summed E-state index contributed by atoms with van der Waals surface area (Å²) in [6.45, 7) is 5.89. The van der Waals surface area contributed by atoms with E-state index in [2.05, 4.69) is 15.3 Å². The lowest BCUT2D eigenvalue weighted by Crippen LogP contribution is -2.33. The molecule has 4 rings (SSSR count). The number of aromatic amines is 1. The van der Waals surface area contributed by atoms with Gasteiger partial charge >= 0.3 is 0 Å². The monoisotopic (exact) mass is 469 g/mol. The maximum atomic E-state index is 12.3. The molecule has 1 amide bonds. The van der Waals surface area contributed by atoms with Gasteiger partial charge in [-0.05, 0) is 49.8 Å². The van der Waals surface area contributed by atoms with Gasteiger partial charge in [-0.25, -0.2) is 4.98 Å². The molecule has 0 radical (unpaired) electrons. The van der Waals surface area contributed by atoms with Gasteiger partial charge in [0.2, 0.25) is 5.91 Å². The SMILES string of the molecule is CCc1nc(C=CC(=O)NCC2Cc3cc(-c4ccc(C(C)=O)s4)cc(Cl)c3O2)c(C)[nH]1. The number of imidazole rings is 1. The van der Waals surface area contributed by atoms with Gasteiger partial charge in [0.15, 0.2) is 5.78 Å². The summed E-state index contributed by atoms with van der Waals surface area (Å²) in [7, 11) is 0. The fraction of sp³-hybridized carbons (Fsp3) is 0.292. The molecular weight excluding hydrogens is 446 g/mol. The quantitative estimate of drug-likeness (QED) is 0.377. The highest BCUT2D eigenvalue weighted by atomic mass is 35.5. The number of amides is 1. The molecule has 0 bridgehead atoms. The van der Waals surface area contributed by atoms with E-state index in [-0.39, 0.29) is 17.8 Å². The Kier molecular flexibility index (Phi) is 6.48. The largest absolute Gasteiger partial charge is 0.486 e. The minimum atomic E-state index is -0.202. The van der Waals surface area contributed by atoms with Gasteiger partial charge in [0.1, 0.15) is 17.7 Å². The van der Waals surface area contributed by atoms with Gasteiger partial charge in [0, 0.05) is 35.1 Å². The highest BCUT2D eigenvalue weighted by molar-refractivity contribution is 7.17. The summed E-state index contributed by atoms with van der Waals surface area (Å²) >= 11 is 7.92. The van der Waals surface area contributed by atoms with Crippen LogP contribution in [0.5, 0.6) is 5.75 Å². The second-order valence-corrected chi connectivity index (χ2v) is 9.23. The van der Waals surface area contributed by atoms with Crippen LogP contribution in [0.4, 0.5) is 0 Å². The van der Waals surface area contributed by atoms with Crippen LogP contribution >= 0.6 is 22.9 Å². The van der Waals surface area contributed by atoms with E-state index >= 15 is 0 Å². The van der Waals surface area contributed by atoms with Gasteiger partial charge < -0.3 is 15.0 Å². The predicted octanol–water partition coefficient (Wildman–Crippen LogP) is 5.00. The Hall–Kier alpha value is -2.90. The number of ketones is 1. The van der Waals surface area contributed by atoms with Crippen molar-refractivity contribution in [3.8, 4) is 16.2 Å². The summed E-state index contributed by atoms with van der Waals surface area (Å²) in [5, 5.41) is 3.42. The van der Waals surface area contributed by atoms with E-state index in [0.717, 1.165) is 44.5 Å². The number of aryl methyl sites for hydroxylation is 2. The number of carbonyl (C=O) groups is 2. The minimum absolute atomic E-state index is 0.0509. The van der Waals surface area contributed by atoms with Crippen molar-refractivity contribution in [3.05, 3.63) is 63.0 Å². The van der Waals surface area contributed by atoms with E-state index in [9.17, 15) is 9.59 Å². The van der Waals surface area contributed by atoms with Crippen LogP contribution in [-0.4, -0.2) is 34.3 Å². The number of H-pyrrole nitrogens is 1. The summed E-state index contributed by atoms with van der Waals surface area (Å²) in [5.74, 6) is 1.41. The second-order valence-electron chi connectivity index (χ2n) is 7.74. The van der Waals surface area contributed by atoms with Crippen molar-refractivity contribution in [2.24, 2.45) is 0 Å². The van der Waals surface area contributed by atoms with Crippen LogP contribution in [0.2, 0.25) is 5.02 Å². The molecule has 2 N–H and O–H groups in total. The molecule has 0 saturated heterocycles. The number of nitrogens with zero attached hydrogens (tertiary/aromatic N) is 1. The Morgan fingerprint density at radius 3 is 2.88 bits per heavy atom. The lowest BCUT2D eigenvalue weighted by molar-refractivity contribution is -0.116. The number of nitrogens with one attached hydrogen (secondary N) is 2. The molecule has 0 fully saturated rings. The van der Waals surface area contributed by atoms with E-state index in [1.807, 2.05) is 38.1 Å². The van der Waals surface area contributed by atoms with E-state index in [1.54, 1.807) is 13.0 Å². The van der Waals surface area contributed by atoms with Gasteiger partial charge in [-0.15, -0.1) is 11.3 Å². The number of halogens is 1. The highest BCUT2D eigenvalue weighted by Crippen LogP contribution is 2.41. The number of benzene rings is 1. The first-order valence-electron chi connectivity index (χ1n) is 10.5. The number of fused-ring (bicyclic) bond motifs is 1. The Labute approximate surface area is 195 Å². The third kappa shape index (κ3) is 4.79. The molecule has 32 heavy (non-hydrogen) atoms. The Morgan fingerprint density at radius 1 is 1.38 bits per heavy atom. The third-order valence-corrected chi connectivity index (χ3v) is 6.81. The number of ether oxygens (including phenoxy) is 1. The molecule has 6 nitrogen and oxygen atoms in total. The molecule has 0 saturated carbocycles. The zero-order chi connectivity index (χ0) is 22.8. The predicted molar refractivity (Wildman–Crippen MR) is 128 cm³/mol. The maximum Gasteiger partial charge on any atom is 0.244 e. The van der Waals surface area contributed by atoms with Crippen molar-refractivity contribution >= 4 is 40.7 Å². The number of hydrogen-bond donors (Lipinski definition) is 2. The summed E-state index contributed by atoms with van der Waals surface area (Å²) < 4.78 is 5.98. The lowest BCUT2D eigenvalue weighted by Gasteiger charge is -2.11. The molecule has 1 aliphatic heterocycles. The summed E-state index contributed by atoms with van der Waals surface area (Å²) in [6, 6.07) is 7.67. The first-order valence-corrected chi connectivity index (χ1v) is 11.6. The first kappa shape index (κ1) is 22.3. The molecule has 1 unspecified atom stereocenters. The van der Waals surface area contributed by atoms with Crippen molar-refractivity contribution < 1.29 is 14.3 Å². The van der Waals surface area contributed by atoms with E-state index in [0.29, 0.717) is 23.7 Å². The third-order valence-electron chi connectivity index (χ3n) is 5.29. The van der Waals surface area contributed by atoms with Crippen LogP contribution in [0.3, 0.4) is 0 Å². The van der Waals surface area contributed by atoms with Crippen LogP contribution < -0.4 is 10.1 Å². The minimum Gasteiger partial charge on any atom is -0.486 e. The Balaban J connectivity index is 1.38. The molecule has 3 heterocycles. The normalized spacial score (nSPS) is 15.1. The number of rotatable bonds is 7. The van der Waals surface area contributed by atoms with Crippen LogP contribution in [0.25, 0.3) is 16.5 Å². The standard InChI is InChI=1S/C24H24ClN3O3S/c1-4-22-27-13(2)19(28-22)5-8-23(30)26-12-17-10-16-9-15(11-18(25)24(16)31-17)21-7-6-20(32-21)14(3)29/h5-9,11,17H,4,10,12H2,1-3H3,(H,26,30)(H,27,28). The fourth-order valence-electron chi connectivity index (χ4n) is 3.62. The zero-order valence-electron chi connectivity index (χ0n) is 18.1. The van der Waals surface area contributed by atoms with Gasteiger partial charge in [-0.3, -0.25) is 9.59 Å². The van der Waals surface area contributed by atoms with Crippen LogP contribution in [0, 0.1) is 6.92 Å². The van der Waals surface area contributed by atoms with Crippen LogP contribution in [-0.2, 0) is 17.6 Å². The van der Waals surface area contributed by atoms with Gasteiger partial charge in [0.05, 0.1) is 22.1 Å². The fourth-order valence-corrected chi connectivity index (χ4v) is 4.79. The second kappa shape index (κ2) is 9.30. The molecule has 1 atom stereocenters.